The molecule has 0 aliphatic carbocycles. The quantitative estimate of drug-likeness (QED) is 0.832. The molecule has 1 atom stereocenters. The van der Waals surface area contributed by atoms with Crippen LogP contribution < -0.4 is 4.72 Å². The highest BCUT2D eigenvalue weighted by molar-refractivity contribution is 7.87. The first kappa shape index (κ1) is 16.4. The van der Waals surface area contributed by atoms with E-state index in [0.717, 1.165) is 18.4 Å². The van der Waals surface area contributed by atoms with E-state index in [9.17, 15) is 8.42 Å². The van der Waals surface area contributed by atoms with E-state index in [1.807, 2.05) is 37.3 Å². The molecule has 0 saturated carbocycles. The van der Waals surface area contributed by atoms with E-state index in [1.165, 1.54) is 4.31 Å². The van der Waals surface area contributed by atoms with Crippen LogP contribution in [0.1, 0.15) is 31.2 Å². The van der Waals surface area contributed by atoms with Crippen LogP contribution in [0.25, 0.3) is 0 Å². The fourth-order valence-corrected chi connectivity index (χ4v) is 3.89. The smallest absolute Gasteiger partial charge is 0.279 e. The Kier molecular flexibility index (Phi) is 5.75. The van der Waals surface area contributed by atoms with Gasteiger partial charge in [0, 0.05) is 26.2 Å². The van der Waals surface area contributed by atoms with Crippen molar-refractivity contribution in [2.24, 2.45) is 5.92 Å². The average Bonchev–Trinajstić information content (AvgIpc) is 2.53. The van der Waals surface area contributed by atoms with Crippen molar-refractivity contribution in [3.63, 3.8) is 0 Å². The van der Waals surface area contributed by atoms with Gasteiger partial charge in [-0.05, 0) is 30.2 Å². The minimum absolute atomic E-state index is 0.135. The predicted molar refractivity (Wildman–Crippen MR) is 83.2 cm³/mol. The molecular formula is C15H24N2O3S. The molecule has 1 aromatic carbocycles. The van der Waals surface area contributed by atoms with Crippen molar-refractivity contribution in [1.29, 1.82) is 0 Å². The van der Waals surface area contributed by atoms with Crippen LogP contribution in [-0.2, 0) is 10.2 Å². The molecule has 5 nitrogen and oxygen atoms in total. The highest BCUT2D eigenvalue weighted by Crippen LogP contribution is 2.19. The summed E-state index contributed by atoms with van der Waals surface area (Å²) in [6.45, 7) is 3.52. The fourth-order valence-electron chi connectivity index (χ4n) is 2.55. The number of aliphatic hydroxyl groups excluding tert-OH is 1. The maximum absolute atomic E-state index is 12.3. The van der Waals surface area contributed by atoms with Crippen LogP contribution >= 0.6 is 0 Å². The summed E-state index contributed by atoms with van der Waals surface area (Å²) in [5.74, 6) is 0.371. The van der Waals surface area contributed by atoms with Crippen molar-refractivity contribution in [1.82, 2.24) is 9.03 Å². The first-order chi connectivity index (χ1) is 10.0. The Hall–Kier alpha value is -0.950. The van der Waals surface area contributed by atoms with Gasteiger partial charge in [0.25, 0.3) is 10.2 Å². The van der Waals surface area contributed by atoms with Crippen LogP contribution in [0.2, 0.25) is 0 Å². The maximum Gasteiger partial charge on any atom is 0.279 e. The minimum Gasteiger partial charge on any atom is -0.396 e. The Morgan fingerprint density at radius 3 is 2.48 bits per heavy atom. The van der Waals surface area contributed by atoms with Crippen molar-refractivity contribution in [3.05, 3.63) is 35.9 Å². The van der Waals surface area contributed by atoms with Gasteiger partial charge in [0.1, 0.15) is 0 Å². The van der Waals surface area contributed by atoms with Crippen LogP contribution in [-0.4, -0.2) is 44.1 Å². The molecule has 1 saturated heterocycles. The summed E-state index contributed by atoms with van der Waals surface area (Å²) in [7, 11) is -3.42. The third-order valence-electron chi connectivity index (χ3n) is 4.11. The number of hydrogen-bond donors (Lipinski definition) is 2. The van der Waals surface area contributed by atoms with E-state index in [4.69, 9.17) is 5.11 Å². The number of benzene rings is 1. The minimum atomic E-state index is -3.42. The Morgan fingerprint density at radius 1 is 1.29 bits per heavy atom. The topological polar surface area (TPSA) is 69.6 Å². The second kappa shape index (κ2) is 7.35. The van der Waals surface area contributed by atoms with Crippen LogP contribution in [0.3, 0.4) is 0 Å². The van der Waals surface area contributed by atoms with Crippen molar-refractivity contribution in [2.45, 2.75) is 25.7 Å². The lowest BCUT2D eigenvalue weighted by molar-refractivity contribution is 0.169. The standard InChI is InChI=1S/C15H24N2O3S/c1-13(15-5-3-2-4-6-15)11-16-21(19,20)17-9-7-14(12-18)8-10-17/h2-6,13-14,16,18H,7-12H2,1H3. The third kappa shape index (κ3) is 4.51. The molecule has 1 fully saturated rings. The van der Waals surface area contributed by atoms with Crippen LogP contribution in [0.5, 0.6) is 0 Å². The molecule has 1 aromatic rings. The normalized spacial score (nSPS) is 19.5. The van der Waals surface area contributed by atoms with Gasteiger partial charge in [-0.3, -0.25) is 0 Å². The number of nitrogens with zero attached hydrogens (tertiary/aromatic N) is 1. The van der Waals surface area contributed by atoms with Crippen LogP contribution in [0.4, 0.5) is 0 Å². The van der Waals surface area contributed by atoms with Crippen molar-refractivity contribution in [3.8, 4) is 0 Å². The Bertz CT molecular complexity index is 525. The summed E-state index contributed by atoms with van der Waals surface area (Å²) >= 11 is 0. The Labute approximate surface area is 127 Å². The molecule has 1 aliphatic heterocycles. The number of piperidine rings is 1. The van der Waals surface area contributed by atoms with Gasteiger partial charge >= 0.3 is 0 Å². The van der Waals surface area contributed by atoms with Gasteiger partial charge in [0.05, 0.1) is 0 Å². The molecule has 118 valence electrons. The third-order valence-corrected chi connectivity index (χ3v) is 5.69. The second-order valence-corrected chi connectivity index (χ2v) is 7.45. The van der Waals surface area contributed by atoms with E-state index in [-0.39, 0.29) is 18.4 Å². The maximum atomic E-state index is 12.3. The number of nitrogens with one attached hydrogen (secondary N) is 1. The van der Waals surface area contributed by atoms with Gasteiger partial charge in [0.2, 0.25) is 0 Å². The van der Waals surface area contributed by atoms with Gasteiger partial charge in [-0.25, -0.2) is 4.72 Å². The summed E-state index contributed by atoms with van der Waals surface area (Å²) in [6, 6.07) is 9.88. The largest absolute Gasteiger partial charge is 0.396 e. The summed E-state index contributed by atoms with van der Waals surface area (Å²) < 4.78 is 28.7. The molecular weight excluding hydrogens is 288 g/mol. The van der Waals surface area contributed by atoms with Crippen molar-refractivity contribution < 1.29 is 13.5 Å². The summed E-state index contributed by atoms with van der Waals surface area (Å²) in [5, 5.41) is 9.10. The summed E-state index contributed by atoms with van der Waals surface area (Å²) in [5.41, 5.74) is 1.12. The predicted octanol–water partition coefficient (Wildman–Crippen LogP) is 1.33. The fraction of sp³-hybridized carbons (Fsp3) is 0.600. The molecule has 0 spiro atoms. The van der Waals surface area contributed by atoms with Gasteiger partial charge in [-0.1, -0.05) is 37.3 Å². The molecule has 1 unspecified atom stereocenters. The first-order valence-electron chi connectivity index (χ1n) is 7.43. The molecule has 2 N–H and O–H groups in total. The monoisotopic (exact) mass is 312 g/mol. The van der Waals surface area contributed by atoms with Gasteiger partial charge < -0.3 is 5.11 Å². The first-order valence-corrected chi connectivity index (χ1v) is 8.87. The van der Waals surface area contributed by atoms with E-state index in [2.05, 4.69) is 4.72 Å². The molecule has 1 heterocycles. The number of rotatable bonds is 6. The average molecular weight is 312 g/mol. The number of aliphatic hydroxyl groups is 1. The molecule has 0 amide bonds. The molecule has 0 bridgehead atoms. The lowest BCUT2D eigenvalue weighted by Crippen LogP contribution is -2.46. The lowest BCUT2D eigenvalue weighted by Gasteiger charge is -2.30. The zero-order valence-electron chi connectivity index (χ0n) is 12.4. The Balaban J connectivity index is 1.87. The molecule has 6 heteroatoms. The zero-order valence-corrected chi connectivity index (χ0v) is 13.2. The summed E-state index contributed by atoms with van der Waals surface area (Å²) in [4.78, 5) is 0. The van der Waals surface area contributed by atoms with E-state index in [1.54, 1.807) is 0 Å². The summed E-state index contributed by atoms with van der Waals surface area (Å²) in [6.07, 6.45) is 1.46. The van der Waals surface area contributed by atoms with Gasteiger partial charge in [-0.2, -0.15) is 12.7 Å². The number of hydrogen-bond acceptors (Lipinski definition) is 3. The van der Waals surface area contributed by atoms with Crippen molar-refractivity contribution >= 4 is 10.2 Å². The van der Waals surface area contributed by atoms with Crippen molar-refractivity contribution in [2.75, 3.05) is 26.2 Å². The highest BCUT2D eigenvalue weighted by Gasteiger charge is 2.27. The van der Waals surface area contributed by atoms with Crippen LogP contribution in [0.15, 0.2) is 30.3 Å². The second-order valence-electron chi connectivity index (χ2n) is 5.69. The highest BCUT2D eigenvalue weighted by atomic mass is 32.2. The van der Waals surface area contributed by atoms with E-state index < -0.39 is 10.2 Å². The molecule has 1 aliphatic rings. The Morgan fingerprint density at radius 2 is 1.90 bits per heavy atom. The molecule has 0 radical (unpaired) electrons. The zero-order chi connectivity index (χ0) is 15.3. The molecule has 2 rings (SSSR count). The van der Waals surface area contributed by atoms with Gasteiger partial charge in [0.15, 0.2) is 0 Å². The van der Waals surface area contributed by atoms with Gasteiger partial charge in [-0.15, -0.1) is 0 Å². The van der Waals surface area contributed by atoms with E-state index >= 15 is 0 Å². The van der Waals surface area contributed by atoms with Crippen LogP contribution in [0, 0.1) is 5.92 Å². The molecule has 21 heavy (non-hydrogen) atoms. The van der Waals surface area contributed by atoms with E-state index in [0.29, 0.717) is 19.6 Å². The SMILES string of the molecule is CC(CNS(=O)(=O)N1CCC(CO)CC1)c1ccccc1. The molecule has 0 aromatic heterocycles. The lowest BCUT2D eigenvalue weighted by atomic mass is 10.00.